The van der Waals surface area contributed by atoms with Crippen molar-refractivity contribution < 1.29 is 18.7 Å². The van der Waals surface area contributed by atoms with Crippen molar-refractivity contribution >= 4 is 16.6 Å². The SMILES string of the molecule is C=C[C@H](OC)[C@@H](O[Si](C)(C)C(C)(C)C)[C@H](C)/C=C(/C)[C@H](O[Si](CC)(CC)CC)[C@H](C)CO. The van der Waals surface area contributed by atoms with Crippen LogP contribution < -0.4 is 0 Å². The van der Waals surface area contributed by atoms with Gasteiger partial charge >= 0.3 is 0 Å². The number of aliphatic hydroxyl groups is 1. The lowest BCUT2D eigenvalue weighted by Crippen LogP contribution is -2.49. The molecule has 0 aromatic rings. The van der Waals surface area contributed by atoms with Gasteiger partial charge in [-0.2, -0.15) is 0 Å². The Morgan fingerprint density at radius 3 is 1.88 bits per heavy atom. The van der Waals surface area contributed by atoms with E-state index in [4.69, 9.17) is 13.6 Å². The van der Waals surface area contributed by atoms with E-state index >= 15 is 0 Å². The summed E-state index contributed by atoms with van der Waals surface area (Å²) in [6, 6.07) is 3.28. The Bertz CT molecular complexity index is 571. The first-order chi connectivity index (χ1) is 14.7. The molecule has 0 aromatic heterocycles. The van der Waals surface area contributed by atoms with E-state index in [1.165, 1.54) is 5.57 Å². The van der Waals surface area contributed by atoms with E-state index in [-0.39, 0.29) is 41.8 Å². The highest BCUT2D eigenvalue weighted by Gasteiger charge is 2.42. The van der Waals surface area contributed by atoms with Gasteiger partial charge < -0.3 is 18.7 Å². The van der Waals surface area contributed by atoms with E-state index in [1.807, 2.05) is 6.08 Å². The van der Waals surface area contributed by atoms with Crippen LogP contribution in [0.25, 0.3) is 0 Å². The molecule has 0 saturated carbocycles. The average molecular weight is 487 g/mol. The first-order valence-electron chi connectivity index (χ1n) is 12.5. The lowest BCUT2D eigenvalue weighted by molar-refractivity contribution is 0.00560. The first kappa shape index (κ1) is 31.8. The Morgan fingerprint density at radius 2 is 1.53 bits per heavy atom. The zero-order valence-electron chi connectivity index (χ0n) is 23.2. The maximum Gasteiger partial charge on any atom is 0.192 e. The van der Waals surface area contributed by atoms with E-state index in [9.17, 15) is 5.11 Å². The second-order valence-corrected chi connectivity index (χ2v) is 20.5. The lowest BCUT2D eigenvalue weighted by Gasteiger charge is -2.42. The molecule has 4 nitrogen and oxygen atoms in total. The molecule has 0 aliphatic carbocycles. The van der Waals surface area contributed by atoms with Crippen molar-refractivity contribution in [2.75, 3.05) is 13.7 Å². The fourth-order valence-corrected chi connectivity index (χ4v) is 8.32. The van der Waals surface area contributed by atoms with Gasteiger partial charge in [0.05, 0.1) is 12.2 Å². The summed E-state index contributed by atoms with van der Waals surface area (Å²) in [5.41, 5.74) is 1.18. The van der Waals surface area contributed by atoms with Crippen LogP contribution in [0.2, 0.25) is 36.3 Å². The molecule has 0 aliphatic heterocycles. The van der Waals surface area contributed by atoms with Crippen molar-refractivity contribution in [1.82, 2.24) is 0 Å². The highest BCUT2D eigenvalue weighted by molar-refractivity contribution is 6.74. The third-order valence-electron chi connectivity index (χ3n) is 7.67. The normalized spacial score (nSPS) is 18.7. The molecule has 0 bridgehead atoms. The second-order valence-electron chi connectivity index (χ2n) is 11.0. The summed E-state index contributed by atoms with van der Waals surface area (Å²) in [5.74, 6) is 0.164. The maximum absolute atomic E-state index is 9.97. The fourth-order valence-electron chi connectivity index (χ4n) is 3.98. The van der Waals surface area contributed by atoms with Crippen molar-refractivity contribution in [3.8, 4) is 0 Å². The minimum Gasteiger partial charge on any atom is -0.410 e. The number of methoxy groups -OCH3 is 1. The van der Waals surface area contributed by atoms with Gasteiger partial charge in [-0.05, 0) is 48.8 Å². The zero-order chi connectivity index (χ0) is 25.3. The lowest BCUT2D eigenvalue weighted by atomic mass is 9.92. The smallest absolute Gasteiger partial charge is 0.192 e. The largest absolute Gasteiger partial charge is 0.410 e. The Hall–Kier alpha value is -0.246. The highest BCUT2D eigenvalue weighted by atomic mass is 28.4. The van der Waals surface area contributed by atoms with Gasteiger partial charge in [-0.3, -0.25) is 0 Å². The Balaban J connectivity index is 6.12. The van der Waals surface area contributed by atoms with Crippen LogP contribution in [-0.2, 0) is 13.6 Å². The molecule has 6 heteroatoms. The predicted octanol–water partition coefficient (Wildman–Crippen LogP) is 7.18. The van der Waals surface area contributed by atoms with Gasteiger partial charge in [-0.1, -0.05) is 67.5 Å². The van der Waals surface area contributed by atoms with Crippen LogP contribution in [0.1, 0.15) is 62.3 Å². The maximum atomic E-state index is 9.97. The van der Waals surface area contributed by atoms with Gasteiger partial charge in [0.25, 0.3) is 0 Å². The van der Waals surface area contributed by atoms with E-state index in [1.54, 1.807) is 7.11 Å². The minimum atomic E-state index is -2.01. The summed E-state index contributed by atoms with van der Waals surface area (Å²) in [5, 5.41) is 10.1. The van der Waals surface area contributed by atoms with E-state index < -0.39 is 16.6 Å². The van der Waals surface area contributed by atoms with Gasteiger partial charge in [0, 0.05) is 25.6 Å². The number of ether oxygens (including phenoxy) is 1. The van der Waals surface area contributed by atoms with Crippen molar-refractivity contribution in [2.24, 2.45) is 11.8 Å². The van der Waals surface area contributed by atoms with Crippen LogP contribution in [0, 0.1) is 11.8 Å². The molecule has 0 aromatic carbocycles. The van der Waals surface area contributed by atoms with Crippen LogP contribution in [0.15, 0.2) is 24.3 Å². The Labute approximate surface area is 202 Å². The minimum absolute atomic E-state index is 0.0485. The molecule has 0 rings (SSSR count). The summed E-state index contributed by atoms with van der Waals surface area (Å²) >= 11 is 0. The molecule has 0 heterocycles. The van der Waals surface area contributed by atoms with Crippen molar-refractivity contribution in [3.63, 3.8) is 0 Å². The third-order valence-corrected chi connectivity index (χ3v) is 16.8. The molecule has 0 spiro atoms. The van der Waals surface area contributed by atoms with Gasteiger partial charge in [0.15, 0.2) is 16.6 Å². The Kier molecular flexibility index (Phi) is 13.5. The topological polar surface area (TPSA) is 47.9 Å². The molecule has 0 amide bonds. The summed E-state index contributed by atoms with van der Waals surface area (Å²) in [6.45, 7) is 28.6. The summed E-state index contributed by atoms with van der Waals surface area (Å²) < 4.78 is 19.5. The van der Waals surface area contributed by atoms with Crippen molar-refractivity contribution in [2.45, 2.75) is 117 Å². The van der Waals surface area contributed by atoms with E-state index in [2.05, 4.69) is 88.1 Å². The van der Waals surface area contributed by atoms with Gasteiger partial charge in [-0.15, -0.1) is 6.58 Å². The average Bonchev–Trinajstić information content (AvgIpc) is 2.73. The van der Waals surface area contributed by atoms with Crippen molar-refractivity contribution in [1.29, 1.82) is 0 Å². The molecule has 5 atom stereocenters. The summed E-state index contributed by atoms with van der Waals surface area (Å²) in [7, 11) is -2.10. The molecule has 0 radical (unpaired) electrons. The van der Waals surface area contributed by atoms with Gasteiger partial charge in [0.1, 0.15) is 6.10 Å². The van der Waals surface area contributed by atoms with Crippen LogP contribution in [0.4, 0.5) is 0 Å². The van der Waals surface area contributed by atoms with Gasteiger partial charge in [0.2, 0.25) is 0 Å². The van der Waals surface area contributed by atoms with E-state index in [0.717, 1.165) is 18.1 Å². The molecule has 0 aliphatic rings. The number of hydrogen-bond donors (Lipinski definition) is 1. The monoisotopic (exact) mass is 486 g/mol. The summed E-state index contributed by atoms with van der Waals surface area (Å²) in [4.78, 5) is 0. The molecular weight excluding hydrogens is 432 g/mol. The molecule has 0 fully saturated rings. The van der Waals surface area contributed by atoms with Gasteiger partial charge in [-0.25, -0.2) is 0 Å². The highest BCUT2D eigenvalue weighted by Crippen LogP contribution is 2.39. The molecular formula is C26H54O4Si2. The molecule has 0 unspecified atom stereocenters. The third kappa shape index (κ3) is 8.51. The number of hydrogen-bond acceptors (Lipinski definition) is 4. The quantitative estimate of drug-likeness (QED) is 0.197. The zero-order valence-corrected chi connectivity index (χ0v) is 25.2. The van der Waals surface area contributed by atoms with Crippen LogP contribution in [0.5, 0.6) is 0 Å². The summed E-state index contributed by atoms with van der Waals surface area (Å²) in [6.07, 6.45) is 3.75. The second kappa shape index (κ2) is 13.6. The molecule has 190 valence electrons. The van der Waals surface area contributed by atoms with Crippen molar-refractivity contribution in [3.05, 3.63) is 24.3 Å². The van der Waals surface area contributed by atoms with Crippen LogP contribution in [-0.4, -0.2) is 53.8 Å². The molecule has 1 N–H and O–H groups in total. The standard InChI is InChI=1S/C26H54O4Si2/c1-14-23(28-11)25(29-31(12,13)26(8,9)10)21(6)18-20(5)24(22(7)19-27)30-32(15-2,16-3)17-4/h14,18,21-25,27H,1,15-17,19H2,2-13H3/b20-18-/t21-,22-,23+,24+,25+/m1/s1. The van der Waals surface area contributed by atoms with Crippen LogP contribution in [0.3, 0.4) is 0 Å². The van der Waals surface area contributed by atoms with Crippen LogP contribution >= 0.6 is 0 Å². The first-order valence-corrected chi connectivity index (χ1v) is 17.9. The van der Waals surface area contributed by atoms with E-state index in [0.29, 0.717) is 0 Å². The number of aliphatic hydroxyl groups excluding tert-OH is 1. The fraction of sp³-hybridized carbons (Fsp3) is 0.846. The predicted molar refractivity (Wildman–Crippen MR) is 144 cm³/mol. The Morgan fingerprint density at radius 1 is 1.03 bits per heavy atom. The molecule has 32 heavy (non-hydrogen) atoms. The molecule has 0 saturated heterocycles. The number of rotatable bonds is 15.